The second kappa shape index (κ2) is 8.46. The van der Waals surface area contributed by atoms with Gasteiger partial charge in [-0.05, 0) is 57.1 Å². The van der Waals surface area contributed by atoms with E-state index in [9.17, 15) is 0 Å². The summed E-state index contributed by atoms with van der Waals surface area (Å²) in [6.45, 7) is 3.60. The third-order valence-electron chi connectivity index (χ3n) is 3.60. The highest BCUT2D eigenvalue weighted by molar-refractivity contribution is 7.98. The van der Waals surface area contributed by atoms with Crippen LogP contribution in [0.2, 0.25) is 0 Å². The minimum absolute atomic E-state index is 0.750. The van der Waals surface area contributed by atoms with Crippen LogP contribution in [0.1, 0.15) is 51.9 Å². The van der Waals surface area contributed by atoms with E-state index in [4.69, 9.17) is 0 Å². The molecule has 1 N–H and O–H groups in total. The lowest BCUT2D eigenvalue weighted by Crippen LogP contribution is -2.35. The largest absolute Gasteiger partial charge is 0.314 e. The molecule has 0 aromatic carbocycles. The van der Waals surface area contributed by atoms with Gasteiger partial charge >= 0.3 is 0 Å². The van der Waals surface area contributed by atoms with Crippen molar-refractivity contribution in [2.45, 2.75) is 57.9 Å². The van der Waals surface area contributed by atoms with E-state index >= 15 is 0 Å². The zero-order valence-electron chi connectivity index (χ0n) is 10.4. The van der Waals surface area contributed by atoms with E-state index in [0.29, 0.717) is 0 Å². The molecule has 1 saturated carbocycles. The van der Waals surface area contributed by atoms with E-state index < -0.39 is 0 Å². The molecule has 1 aliphatic carbocycles. The number of thioether (sulfide) groups is 1. The van der Waals surface area contributed by atoms with E-state index in [1.807, 2.05) is 11.8 Å². The Bertz CT molecular complexity index is 143. The van der Waals surface area contributed by atoms with Crippen molar-refractivity contribution in [2.24, 2.45) is 5.92 Å². The van der Waals surface area contributed by atoms with Gasteiger partial charge in [-0.2, -0.15) is 11.8 Å². The SMILES string of the molecule is CSCCCCN[C@@H](C)C1CCCCC1. The molecule has 1 atom stereocenters. The first kappa shape index (κ1) is 13.4. The second-order valence-corrected chi connectivity index (χ2v) is 5.83. The van der Waals surface area contributed by atoms with Crippen LogP contribution in [-0.2, 0) is 0 Å². The molecule has 1 aliphatic rings. The van der Waals surface area contributed by atoms with Crippen LogP contribution in [0, 0.1) is 5.92 Å². The van der Waals surface area contributed by atoms with Gasteiger partial charge in [0.15, 0.2) is 0 Å². The van der Waals surface area contributed by atoms with E-state index in [2.05, 4.69) is 18.5 Å². The van der Waals surface area contributed by atoms with Gasteiger partial charge in [0, 0.05) is 6.04 Å². The maximum absolute atomic E-state index is 3.70. The van der Waals surface area contributed by atoms with Crippen LogP contribution in [0.25, 0.3) is 0 Å². The summed E-state index contributed by atoms with van der Waals surface area (Å²) < 4.78 is 0. The van der Waals surface area contributed by atoms with Crippen molar-refractivity contribution in [3.05, 3.63) is 0 Å². The molecule has 1 fully saturated rings. The monoisotopic (exact) mass is 229 g/mol. The van der Waals surface area contributed by atoms with E-state index in [1.165, 1.54) is 57.2 Å². The smallest absolute Gasteiger partial charge is 0.00669 e. The van der Waals surface area contributed by atoms with Gasteiger partial charge in [0.1, 0.15) is 0 Å². The zero-order valence-corrected chi connectivity index (χ0v) is 11.2. The molecule has 15 heavy (non-hydrogen) atoms. The van der Waals surface area contributed by atoms with Crippen molar-refractivity contribution in [3.8, 4) is 0 Å². The zero-order chi connectivity index (χ0) is 10.9. The second-order valence-electron chi connectivity index (χ2n) is 4.84. The van der Waals surface area contributed by atoms with Crippen LogP contribution in [0.3, 0.4) is 0 Å². The van der Waals surface area contributed by atoms with Crippen molar-refractivity contribution in [1.29, 1.82) is 0 Å². The quantitative estimate of drug-likeness (QED) is 0.668. The fraction of sp³-hybridized carbons (Fsp3) is 1.00. The van der Waals surface area contributed by atoms with Gasteiger partial charge in [-0.15, -0.1) is 0 Å². The summed E-state index contributed by atoms with van der Waals surface area (Å²) >= 11 is 1.96. The van der Waals surface area contributed by atoms with Gasteiger partial charge in [-0.3, -0.25) is 0 Å². The molecule has 1 rings (SSSR count). The van der Waals surface area contributed by atoms with E-state index in [0.717, 1.165) is 12.0 Å². The first-order valence-corrected chi connectivity index (χ1v) is 7.96. The molecule has 90 valence electrons. The molecule has 0 saturated heterocycles. The molecule has 0 unspecified atom stereocenters. The molecule has 0 spiro atoms. The highest BCUT2D eigenvalue weighted by Crippen LogP contribution is 2.26. The highest BCUT2D eigenvalue weighted by Gasteiger charge is 2.18. The van der Waals surface area contributed by atoms with Crippen LogP contribution < -0.4 is 5.32 Å². The fourth-order valence-electron chi connectivity index (χ4n) is 2.50. The highest BCUT2D eigenvalue weighted by atomic mass is 32.2. The Morgan fingerprint density at radius 2 is 1.93 bits per heavy atom. The number of hydrogen-bond acceptors (Lipinski definition) is 2. The average molecular weight is 229 g/mol. The number of unbranched alkanes of at least 4 members (excludes halogenated alkanes) is 1. The van der Waals surface area contributed by atoms with Crippen molar-refractivity contribution >= 4 is 11.8 Å². The van der Waals surface area contributed by atoms with Gasteiger partial charge in [0.2, 0.25) is 0 Å². The van der Waals surface area contributed by atoms with Gasteiger partial charge < -0.3 is 5.32 Å². The Morgan fingerprint density at radius 3 is 2.60 bits per heavy atom. The van der Waals surface area contributed by atoms with Crippen LogP contribution in [-0.4, -0.2) is 24.6 Å². The summed E-state index contributed by atoms with van der Waals surface area (Å²) in [6, 6.07) is 0.750. The lowest BCUT2D eigenvalue weighted by Gasteiger charge is -2.28. The van der Waals surface area contributed by atoms with Crippen LogP contribution in [0.15, 0.2) is 0 Å². The maximum atomic E-state index is 3.70. The summed E-state index contributed by atoms with van der Waals surface area (Å²) in [6.07, 6.45) is 12.2. The predicted molar refractivity (Wildman–Crippen MR) is 71.7 cm³/mol. The Labute approximate surface area is 99.8 Å². The molecule has 1 nitrogen and oxygen atoms in total. The van der Waals surface area contributed by atoms with Crippen molar-refractivity contribution in [1.82, 2.24) is 5.32 Å². The lowest BCUT2D eigenvalue weighted by molar-refractivity contribution is 0.281. The number of rotatable bonds is 7. The number of hydrogen-bond donors (Lipinski definition) is 1. The molecule has 0 aliphatic heterocycles. The van der Waals surface area contributed by atoms with Gasteiger partial charge in [-0.25, -0.2) is 0 Å². The summed E-state index contributed by atoms with van der Waals surface area (Å²) in [4.78, 5) is 0. The summed E-state index contributed by atoms with van der Waals surface area (Å²) in [5, 5.41) is 3.70. The Kier molecular flexibility index (Phi) is 7.54. The van der Waals surface area contributed by atoms with E-state index in [1.54, 1.807) is 0 Å². The van der Waals surface area contributed by atoms with Crippen molar-refractivity contribution in [3.63, 3.8) is 0 Å². The first-order valence-electron chi connectivity index (χ1n) is 6.57. The normalized spacial score (nSPS) is 20.4. The molecule has 2 heteroatoms. The lowest BCUT2D eigenvalue weighted by atomic mass is 9.84. The standard InChI is InChI=1S/C13H27NS/c1-12(13-8-4-3-5-9-13)14-10-6-7-11-15-2/h12-14H,3-11H2,1-2H3/t12-/m0/s1. The molecule has 0 radical (unpaired) electrons. The molecular weight excluding hydrogens is 202 g/mol. The van der Waals surface area contributed by atoms with Gasteiger partial charge in [0.25, 0.3) is 0 Å². The van der Waals surface area contributed by atoms with Crippen LogP contribution in [0.5, 0.6) is 0 Å². The average Bonchev–Trinajstić information content (AvgIpc) is 2.30. The number of nitrogens with one attached hydrogen (secondary N) is 1. The molecular formula is C13H27NS. The van der Waals surface area contributed by atoms with Crippen molar-refractivity contribution < 1.29 is 0 Å². The minimum Gasteiger partial charge on any atom is -0.314 e. The summed E-state index contributed by atoms with van der Waals surface area (Å²) in [5.41, 5.74) is 0. The molecule has 0 amide bonds. The molecule has 0 bridgehead atoms. The topological polar surface area (TPSA) is 12.0 Å². The Balaban J connectivity index is 1.99. The molecule has 0 heterocycles. The fourth-order valence-corrected chi connectivity index (χ4v) is 2.99. The Hall–Kier alpha value is 0.310. The summed E-state index contributed by atoms with van der Waals surface area (Å²) in [7, 11) is 0. The minimum atomic E-state index is 0.750. The van der Waals surface area contributed by atoms with Crippen LogP contribution in [0.4, 0.5) is 0 Å². The maximum Gasteiger partial charge on any atom is 0.00669 e. The van der Waals surface area contributed by atoms with Gasteiger partial charge in [-0.1, -0.05) is 19.3 Å². The van der Waals surface area contributed by atoms with Crippen molar-refractivity contribution in [2.75, 3.05) is 18.6 Å². The summed E-state index contributed by atoms with van der Waals surface area (Å²) in [5.74, 6) is 2.28. The third kappa shape index (κ3) is 5.82. The van der Waals surface area contributed by atoms with Gasteiger partial charge in [0.05, 0.1) is 0 Å². The first-order chi connectivity index (χ1) is 7.34. The molecule has 0 aromatic rings. The van der Waals surface area contributed by atoms with E-state index in [-0.39, 0.29) is 0 Å². The predicted octanol–water partition coefficient (Wildman–Crippen LogP) is 3.69. The Morgan fingerprint density at radius 1 is 1.20 bits per heavy atom. The molecule has 0 aromatic heterocycles. The van der Waals surface area contributed by atoms with Crippen LogP contribution >= 0.6 is 11.8 Å². The third-order valence-corrected chi connectivity index (χ3v) is 4.30.